The fourth-order valence-corrected chi connectivity index (χ4v) is 0.157. The average molecular weight is 120 g/mol. The highest BCUT2D eigenvalue weighted by Crippen LogP contribution is 1.66. The fourth-order valence-electron chi connectivity index (χ4n) is 0.157. The summed E-state index contributed by atoms with van der Waals surface area (Å²) in [5, 5.41) is 1.56. The van der Waals surface area contributed by atoms with E-state index < -0.39 is 18.6 Å². The Labute approximate surface area is 44.8 Å². The van der Waals surface area contributed by atoms with Crippen LogP contribution in [0.15, 0.2) is 0 Å². The van der Waals surface area contributed by atoms with Gasteiger partial charge in [-0.1, -0.05) is 0 Å². The van der Waals surface area contributed by atoms with Gasteiger partial charge in [0.05, 0.1) is 6.54 Å². The van der Waals surface area contributed by atoms with Crippen LogP contribution in [-0.2, 0) is 4.79 Å². The third-order valence-electron chi connectivity index (χ3n) is 0.402. The third kappa shape index (κ3) is 4.87. The summed E-state index contributed by atoms with van der Waals surface area (Å²) in [6, 6.07) is 0. The summed E-state index contributed by atoms with van der Waals surface area (Å²) < 4.78 is 11.1. The number of hydrogen-bond acceptors (Lipinski definition) is 2. The number of carbonyl (C=O) groups is 2. The predicted molar refractivity (Wildman–Crippen MR) is 23.7 cm³/mol. The molecule has 4 nitrogen and oxygen atoms in total. The molecule has 0 radical (unpaired) electrons. The van der Waals surface area contributed by atoms with Crippen molar-refractivity contribution in [2.75, 3.05) is 6.54 Å². The number of halogens is 1. The number of amides is 2. The van der Waals surface area contributed by atoms with E-state index in [1.54, 1.807) is 5.32 Å². The molecule has 0 rings (SSSR count). The normalized spacial score (nSPS) is 8.12. The van der Waals surface area contributed by atoms with Crippen LogP contribution >= 0.6 is 0 Å². The predicted octanol–water partition coefficient (Wildman–Crippen LogP) is -0.849. The minimum absolute atomic E-state index is 0.449. The lowest BCUT2D eigenvalue weighted by atomic mass is 10.6. The van der Waals surface area contributed by atoms with Crippen LogP contribution < -0.4 is 11.1 Å². The smallest absolute Gasteiger partial charge is 0.368 e. The molecule has 5 heteroatoms. The fraction of sp³-hybridized carbons (Fsp3) is 0.333. The van der Waals surface area contributed by atoms with Crippen LogP contribution in [0.1, 0.15) is 0 Å². The summed E-state index contributed by atoms with van der Waals surface area (Å²) >= 11 is 0. The van der Waals surface area contributed by atoms with Crippen LogP contribution in [-0.4, -0.2) is 18.6 Å². The van der Waals surface area contributed by atoms with E-state index in [2.05, 4.69) is 5.73 Å². The van der Waals surface area contributed by atoms with Gasteiger partial charge < -0.3 is 11.1 Å². The first-order chi connectivity index (χ1) is 3.63. The Morgan fingerprint density at radius 1 is 1.62 bits per heavy atom. The molecule has 2 amide bonds. The molecule has 0 spiro atoms. The lowest BCUT2D eigenvalue weighted by Gasteiger charge is -1.90. The maximum atomic E-state index is 11.1. The number of nitrogens with two attached hydrogens (primary N) is 1. The highest BCUT2D eigenvalue weighted by Gasteiger charge is 1.96. The number of nitrogens with one attached hydrogen (secondary N) is 1. The van der Waals surface area contributed by atoms with Gasteiger partial charge in [0.2, 0.25) is 5.91 Å². The van der Waals surface area contributed by atoms with Crippen LogP contribution in [0, 0.1) is 0 Å². The topological polar surface area (TPSA) is 72.2 Å². The molecule has 0 saturated heterocycles. The Balaban J connectivity index is 3.18. The van der Waals surface area contributed by atoms with Crippen molar-refractivity contribution in [2.45, 2.75) is 0 Å². The highest BCUT2D eigenvalue weighted by molar-refractivity contribution is 5.80. The van der Waals surface area contributed by atoms with Crippen molar-refractivity contribution in [3.05, 3.63) is 0 Å². The molecule has 0 fully saturated rings. The minimum atomic E-state index is -1.75. The van der Waals surface area contributed by atoms with Crippen molar-refractivity contribution in [1.82, 2.24) is 5.32 Å². The first-order valence-electron chi connectivity index (χ1n) is 1.84. The second-order valence-corrected chi connectivity index (χ2v) is 1.09. The second kappa shape index (κ2) is 2.95. The molecule has 0 aromatic heterocycles. The first-order valence-corrected chi connectivity index (χ1v) is 1.84. The Hall–Kier alpha value is -1.13. The zero-order valence-corrected chi connectivity index (χ0v) is 3.98. The zero-order valence-electron chi connectivity index (χ0n) is 3.98. The van der Waals surface area contributed by atoms with Crippen LogP contribution in [0.2, 0.25) is 0 Å². The number of carbonyl (C=O) groups excluding carboxylic acids is 2. The summed E-state index contributed by atoms with van der Waals surface area (Å²) in [5.74, 6) is -0.768. The van der Waals surface area contributed by atoms with E-state index in [0.29, 0.717) is 0 Å². The van der Waals surface area contributed by atoms with Gasteiger partial charge in [0, 0.05) is 0 Å². The van der Waals surface area contributed by atoms with Gasteiger partial charge in [-0.25, -0.2) is 4.79 Å². The molecule has 0 heterocycles. The van der Waals surface area contributed by atoms with Gasteiger partial charge in [-0.15, -0.1) is 4.39 Å². The third-order valence-corrected chi connectivity index (χ3v) is 0.402. The van der Waals surface area contributed by atoms with E-state index in [0.717, 1.165) is 0 Å². The standard InChI is InChI=1S/C3H5FN2O2/c4-3(8)6-1-2(5)7/h1H2,(H2,5,7)(H,6,8). The van der Waals surface area contributed by atoms with Crippen molar-refractivity contribution in [2.24, 2.45) is 5.73 Å². The van der Waals surface area contributed by atoms with Crippen molar-refractivity contribution >= 4 is 12.1 Å². The molecular weight excluding hydrogens is 115 g/mol. The molecule has 0 unspecified atom stereocenters. The quantitative estimate of drug-likeness (QED) is 0.368. The van der Waals surface area contributed by atoms with Crippen molar-refractivity contribution in [3.63, 3.8) is 0 Å². The molecule has 0 saturated carbocycles. The van der Waals surface area contributed by atoms with Gasteiger partial charge >= 0.3 is 6.16 Å². The minimum Gasteiger partial charge on any atom is -0.368 e. The summed E-state index contributed by atoms with van der Waals surface area (Å²) in [5.41, 5.74) is 4.52. The van der Waals surface area contributed by atoms with E-state index in [1.807, 2.05) is 0 Å². The summed E-state index contributed by atoms with van der Waals surface area (Å²) in [6.45, 7) is -0.449. The molecule has 0 aromatic carbocycles. The lowest BCUT2D eigenvalue weighted by molar-refractivity contribution is -0.117. The number of rotatable bonds is 2. The summed E-state index contributed by atoms with van der Waals surface area (Å²) in [4.78, 5) is 19.1. The van der Waals surface area contributed by atoms with E-state index in [1.165, 1.54) is 0 Å². The number of hydrogen-bond donors (Lipinski definition) is 2. The van der Waals surface area contributed by atoms with Gasteiger partial charge in [-0.05, 0) is 0 Å². The average Bonchev–Trinajstić information content (AvgIpc) is 1.61. The largest absolute Gasteiger partial charge is 0.397 e. The molecule has 0 aliphatic carbocycles. The molecule has 46 valence electrons. The van der Waals surface area contributed by atoms with Gasteiger partial charge in [-0.2, -0.15) is 0 Å². The summed E-state index contributed by atoms with van der Waals surface area (Å²) in [7, 11) is 0. The molecule has 3 N–H and O–H groups in total. The van der Waals surface area contributed by atoms with Crippen LogP contribution in [0.5, 0.6) is 0 Å². The van der Waals surface area contributed by atoms with Gasteiger partial charge in [0.15, 0.2) is 0 Å². The van der Waals surface area contributed by atoms with E-state index in [4.69, 9.17) is 0 Å². The molecular formula is C3H5FN2O2. The first kappa shape index (κ1) is 6.87. The van der Waals surface area contributed by atoms with E-state index >= 15 is 0 Å². The molecule has 0 aliphatic rings. The van der Waals surface area contributed by atoms with Crippen molar-refractivity contribution < 1.29 is 14.0 Å². The van der Waals surface area contributed by atoms with Crippen molar-refractivity contribution in [3.8, 4) is 0 Å². The SMILES string of the molecule is NC(=O)CNC(=O)F. The Morgan fingerprint density at radius 3 is 2.25 bits per heavy atom. The van der Waals surface area contributed by atoms with Crippen LogP contribution in [0.4, 0.5) is 9.18 Å². The monoisotopic (exact) mass is 120 g/mol. The van der Waals surface area contributed by atoms with Crippen LogP contribution in [0.3, 0.4) is 0 Å². The number of primary amides is 1. The van der Waals surface area contributed by atoms with Crippen LogP contribution in [0.25, 0.3) is 0 Å². The molecule has 8 heavy (non-hydrogen) atoms. The van der Waals surface area contributed by atoms with Gasteiger partial charge in [0.1, 0.15) is 0 Å². The van der Waals surface area contributed by atoms with Gasteiger partial charge in [0.25, 0.3) is 0 Å². The Morgan fingerprint density at radius 2 is 2.12 bits per heavy atom. The summed E-state index contributed by atoms with van der Waals surface area (Å²) in [6.07, 6.45) is -1.75. The van der Waals surface area contributed by atoms with E-state index in [9.17, 15) is 14.0 Å². The highest BCUT2D eigenvalue weighted by atomic mass is 19.1. The maximum Gasteiger partial charge on any atom is 0.397 e. The lowest BCUT2D eigenvalue weighted by Crippen LogP contribution is -2.30. The molecule has 0 aliphatic heterocycles. The molecule has 0 bridgehead atoms. The maximum absolute atomic E-state index is 11.1. The molecule has 0 atom stereocenters. The second-order valence-electron chi connectivity index (χ2n) is 1.09. The Bertz CT molecular complexity index is 99.9. The molecule has 0 aromatic rings. The zero-order chi connectivity index (χ0) is 6.57. The Kier molecular flexibility index (Phi) is 2.53. The van der Waals surface area contributed by atoms with Gasteiger partial charge in [-0.3, -0.25) is 4.79 Å². The van der Waals surface area contributed by atoms with Crippen molar-refractivity contribution in [1.29, 1.82) is 0 Å². The van der Waals surface area contributed by atoms with E-state index in [-0.39, 0.29) is 0 Å².